The predicted octanol–water partition coefficient (Wildman–Crippen LogP) is 1.29. The maximum atomic E-state index is 11.0. The Morgan fingerprint density at radius 1 is 1.53 bits per heavy atom. The van der Waals surface area contributed by atoms with Crippen LogP contribution in [0.5, 0.6) is 0 Å². The summed E-state index contributed by atoms with van der Waals surface area (Å²) in [4.78, 5) is 22.3. The van der Waals surface area contributed by atoms with Gasteiger partial charge in [-0.2, -0.15) is 5.48 Å². The molecule has 19 heavy (non-hydrogen) atoms. The van der Waals surface area contributed by atoms with Crippen LogP contribution < -0.4 is 10.4 Å². The van der Waals surface area contributed by atoms with Gasteiger partial charge in [-0.15, -0.1) is 0 Å². The maximum absolute atomic E-state index is 11.0. The van der Waals surface area contributed by atoms with E-state index in [2.05, 4.69) is 22.3 Å². The lowest BCUT2D eigenvalue weighted by Crippen LogP contribution is -2.51. The SMILES string of the molecule is CONC1(C)CCN(c2cc(C(=O)O)ccn2)CC1. The first-order valence-corrected chi connectivity index (χ1v) is 6.28. The molecule has 2 rings (SSSR count). The second kappa shape index (κ2) is 5.54. The lowest BCUT2D eigenvalue weighted by atomic mass is 9.90. The second-order valence-electron chi connectivity index (χ2n) is 5.06. The molecule has 0 saturated carbocycles. The first-order chi connectivity index (χ1) is 9.04. The molecule has 1 aromatic rings. The molecule has 2 N–H and O–H groups in total. The summed E-state index contributed by atoms with van der Waals surface area (Å²) in [6.45, 7) is 3.76. The van der Waals surface area contributed by atoms with Crippen LogP contribution in [0, 0.1) is 0 Å². The molecule has 0 unspecified atom stereocenters. The molecule has 2 heterocycles. The Morgan fingerprint density at radius 3 is 2.79 bits per heavy atom. The van der Waals surface area contributed by atoms with Crippen molar-refractivity contribution >= 4 is 11.8 Å². The van der Waals surface area contributed by atoms with Crippen molar-refractivity contribution in [2.45, 2.75) is 25.3 Å². The third-order valence-electron chi connectivity index (χ3n) is 3.53. The number of rotatable bonds is 4. The molecular formula is C13H19N3O3. The molecule has 0 atom stereocenters. The Hall–Kier alpha value is -1.66. The van der Waals surface area contributed by atoms with Crippen LogP contribution in [-0.4, -0.2) is 41.8 Å². The van der Waals surface area contributed by atoms with E-state index < -0.39 is 5.97 Å². The third kappa shape index (κ3) is 3.21. The van der Waals surface area contributed by atoms with Gasteiger partial charge in [-0.25, -0.2) is 9.78 Å². The first kappa shape index (κ1) is 13.8. The fourth-order valence-corrected chi connectivity index (χ4v) is 2.30. The van der Waals surface area contributed by atoms with Gasteiger partial charge in [0.25, 0.3) is 0 Å². The topological polar surface area (TPSA) is 74.7 Å². The van der Waals surface area contributed by atoms with Crippen LogP contribution in [0.4, 0.5) is 5.82 Å². The van der Waals surface area contributed by atoms with Gasteiger partial charge >= 0.3 is 5.97 Å². The molecule has 1 aromatic heterocycles. The van der Waals surface area contributed by atoms with Gasteiger partial charge in [0.15, 0.2) is 0 Å². The van der Waals surface area contributed by atoms with Gasteiger partial charge in [-0.05, 0) is 31.9 Å². The summed E-state index contributed by atoms with van der Waals surface area (Å²) in [5.74, 6) is -0.203. The fourth-order valence-electron chi connectivity index (χ4n) is 2.30. The van der Waals surface area contributed by atoms with Crippen molar-refractivity contribution < 1.29 is 14.7 Å². The molecule has 1 aliphatic rings. The number of carboxylic acids is 1. The summed E-state index contributed by atoms with van der Waals surface area (Å²) in [7, 11) is 1.62. The number of pyridine rings is 1. The van der Waals surface area contributed by atoms with Gasteiger partial charge in [0.1, 0.15) is 5.82 Å². The van der Waals surface area contributed by atoms with Crippen LogP contribution in [-0.2, 0) is 4.84 Å². The molecule has 1 saturated heterocycles. The van der Waals surface area contributed by atoms with Crippen LogP contribution in [0.1, 0.15) is 30.1 Å². The molecule has 0 spiro atoms. The van der Waals surface area contributed by atoms with Crippen LogP contribution in [0.15, 0.2) is 18.3 Å². The van der Waals surface area contributed by atoms with E-state index in [0.29, 0.717) is 0 Å². The van der Waals surface area contributed by atoms with Gasteiger partial charge in [0.2, 0.25) is 0 Å². The van der Waals surface area contributed by atoms with E-state index in [1.807, 2.05) is 0 Å². The van der Waals surface area contributed by atoms with E-state index in [9.17, 15) is 4.79 Å². The predicted molar refractivity (Wildman–Crippen MR) is 71.2 cm³/mol. The van der Waals surface area contributed by atoms with E-state index in [1.54, 1.807) is 19.4 Å². The van der Waals surface area contributed by atoms with Crippen molar-refractivity contribution in [2.24, 2.45) is 0 Å². The molecular weight excluding hydrogens is 246 g/mol. The van der Waals surface area contributed by atoms with E-state index in [-0.39, 0.29) is 11.1 Å². The van der Waals surface area contributed by atoms with E-state index >= 15 is 0 Å². The highest BCUT2D eigenvalue weighted by Crippen LogP contribution is 2.25. The normalized spacial score (nSPS) is 18.3. The summed E-state index contributed by atoms with van der Waals surface area (Å²) in [5, 5.41) is 8.99. The summed E-state index contributed by atoms with van der Waals surface area (Å²) in [6, 6.07) is 3.13. The molecule has 104 valence electrons. The molecule has 6 heteroatoms. The van der Waals surface area contributed by atoms with Crippen LogP contribution in [0.25, 0.3) is 0 Å². The second-order valence-corrected chi connectivity index (χ2v) is 5.06. The van der Waals surface area contributed by atoms with Crippen molar-refractivity contribution in [3.05, 3.63) is 23.9 Å². The number of nitrogens with one attached hydrogen (secondary N) is 1. The third-order valence-corrected chi connectivity index (χ3v) is 3.53. The summed E-state index contributed by atoms with van der Waals surface area (Å²) < 4.78 is 0. The minimum atomic E-state index is -0.924. The fraction of sp³-hybridized carbons (Fsp3) is 0.538. The number of carbonyl (C=O) groups is 1. The minimum absolute atomic E-state index is 0.0321. The zero-order valence-electron chi connectivity index (χ0n) is 11.2. The smallest absolute Gasteiger partial charge is 0.335 e. The number of nitrogens with zero attached hydrogens (tertiary/aromatic N) is 2. The molecule has 0 amide bonds. The monoisotopic (exact) mass is 265 g/mol. The molecule has 0 radical (unpaired) electrons. The van der Waals surface area contributed by atoms with Gasteiger partial charge in [-0.3, -0.25) is 0 Å². The Bertz CT molecular complexity index is 456. The van der Waals surface area contributed by atoms with Gasteiger partial charge in [0, 0.05) is 24.8 Å². The standard InChI is InChI=1S/C13H19N3O3/c1-13(15-19-2)4-7-16(8-5-13)11-9-10(12(17)18)3-6-14-11/h3,6,9,15H,4-5,7-8H2,1-2H3,(H,17,18). The highest BCUT2D eigenvalue weighted by atomic mass is 16.6. The van der Waals surface area contributed by atoms with E-state index in [0.717, 1.165) is 31.7 Å². The van der Waals surface area contributed by atoms with Crippen molar-refractivity contribution in [3.8, 4) is 0 Å². The highest BCUT2D eigenvalue weighted by Gasteiger charge is 2.30. The lowest BCUT2D eigenvalue weighted by Gasteiger charge is -2.39. The lowest BCUT2D eigenvalue weighted by molar-refractivity contribution is 0.00897. The Balaban J connectivity index is 2.05. The van der Waals surface area contributed by atoms with Gasteiger partial charge in [0.05, 0.1) is 12.7 Å². The molecule has 6 nitrogen and oxygen atoms in total. The Morgan fingerprint density at radius 2 is 2.21 bits per heavy atom. The summed E-state index contributed by atoms with van der Waals surface area (Å²) >= 11 is 0. The Labute approximate surface area is 112 Å². The average Bonchev–Trinajstić information content (AvgIpc) is 2.40. The minimum Gasteiger partial charge on any atom is -0.478 e. The van der Waals surface area contributed by atoms with E-state index in [1.165, 1.54) is 6.07 Å². The number of hydrogen-bond donors (Lipinski definition) is 2. The average molecular weight is 265 g/mol. The number of carboxylic acid groups (broad SMARTS) is 1. The number of piperidine rings is 1. The molecule has 1 aliphatic heterocycles. The number of anilines is 1. The summed E-state index contributed by atoms with van der Waals surface area (Å²) in [6.07, 6.45) is 3.37. The number of hydrogen-bond acceptors (Lipinski definition) is 5. The zero-order chi connectivity index (χ0) is 13.9. The number of aromatic nitrogens is 1. The van der Waals surface area contributed by atoms with Crippen LogP contribution in [0.3, 0.4) is 0 Å². The summed E-state index contributed by atoms with van der Waals surface area (Å²) in [5.41, 5.74) is 3.26. The zero-order valence-corrected chi connectivity index (χ0v) is 11.2. The quantitative estimate of drug-likeness (QED) is 0.799. The van der Waals surface area contributed by atoms with E-state index in [4.69, 9.17) is 9.94 Å². The van der Waals surface area contributed by atoms with Crippen molar-refractivity contribution in [3.63, 3.8) is 0 Å². The van der Waals surface area contributed by atoms with Crippen molar-refractivity contribution in [1.82, 2.24) is 10.5 Å². The molecule has 1 fully saturated rings. The Kier molecular flexibility index (Phi) is 4.01. The number of hydroxylamine groups is 1. The van der Waals surface area contributed by atoms with Crippen LogP contribution in [0.2, 0.25) is 0 Å². The van der Waals surface area contributed by atoms with Gasteiger partial charge in [-0.1, -0.05) is 0 Å². The largest absolute Gasteiger partial charge is 0.478 e. The molecule has 0 bridgehead atoms. The highest BCUT2D eigenvalue weighted by molar-refractivity contribution is 5.88. The molecule has 0 aliphatic carbocycles. The van der Waals surface area contributed by atoms with Gasteiger partial charge < -0.3 is 14.8 Å². The molecule has 0 aromatic carbocycles. The van der Waals surface area contributed by atoms with Crippen LogP contribution >= 0.6 is 0 Å². The first-order valence-electron chi connectivity index (χ1n) is 6.28. The van der Waals surface area contributed by atoms with Crippen molar-refractivity contribution in [1.29, 1.82) is 0 Å². The van der Waals surface area contributed by atoms with Crippen molar-refractivity contribution in [2.75, 3.05) is 25.1 Å². The number of aromatic carboxylic acids is 1. The maximum Gasteiger partial charge on any atom is 0.335 e.